The Morgan fingerprint density at radius 2 is 2.03 bits per heavy atom. The van der Waals surface area contributed by atoms with E-state index < -0.39 is 5.54 Å². The van der Waals surface area contributed by atoms with Gasteiger partial charge in [0, 0.05) is 44.7 Å². The van der Waals surface area contributed by atoms with E-state index in [-0.39, 0.29) is 11.9 Å². The molecule has 4 bridgehead atoms. The summed E-state index contributed by atoms with van der Waals surface area (Å²) in [5.74, 6) is 2.22. The first-order valence-electron chi connectivity index (χ1n) is 13.2. The molecule has 7 heteroatoms. The Morgan fingerprint density at radius 1 is 1.23 bits per heavy atom. The largest absolute Gasteiger partial charge is 0.370 e. The molecule has 35 heavy (non-hydrogen) atoms. The van der Waals surface area contributed by atoms with Crippen LogP contribution in [-0.4, -0.2) is 54.5 Å². The molecule has 1 aliphatic carbocycles. The Morgan fingerprint density at radius 3 is 2.83 bits per heavy atom. The number of piperidine rings is 2. The van der Waals surface area contributed by atoms with E-state index in [9.17, 15) is 4.79 Å². The van der Waals surface area contributed by atoms with Gasteiger partial charge in [0.2, 0.25) is 5.91 Å². The first kappa shape index (κ1) is 24.1. The van der Waals surface area contributed by atoms with Crippen LogP contribution in [0.3, 0.4) is 0 Å². The molecular formula is C28H40N6O. The molecule has 1 amide bonds. The molecule has 6 N–H and O–H groups in total. The van der Waals surface area contributed by atoms with Crippen LogP contribution >= 0.6 is 0 Å². The Hall–Kier alpha value is -2.64. The van der Waals surface area contributed by atoms with Crippen LogP contribution in [0, 0.1) is 29.1 Å². The highest BCUT2D eigenvalue weighted by molar-refractivity contribution is 5.89. The quantitative estimate of drug-likeness (QED) is 0.217. The van der Waals surface area contributed by atoms with Crippen molar-refractivity contribution in [2.45, 2.75) is 51.2 Å². The van der Waals surface area contributed by atoms with E-state index in [1.54, 1.807) is 0 Å². The van der Waals surface area contributed by atoms with Crippen molar-refractivity contribution >= 4 is 22.6 Å². The lowest BCUT2D eigenvalue weighted by Gasteiger charge is -2.56. The minimum atomic E-state index is -0.495. The monoisotopic (exact) mass is 476 g/mol. The van der Waals surface area contributed by atoms with E-state index in [1.165, 1.54) is 16.3 Å². The maximum Gasteiger partial charge on any atom is 0.240 e. The first-order chi connectivity index (χ1) is 16.9. The minimum Gasteiger partial charge on any atom is -0.370 e. The second kappa shape index (κ2) is 9.78. The number of rotatable bonds is 9. The number of nitrogens with zero attached hydrogens (tertiary/aromatic N) is 1. The predicted octanol–water partition coefficient (Wildman–Crippen LogP) is 2.65. The summed E-state index contributed by atoms with van der Waals surface area (Å²) in [5.41, 5.74) is 6.13. The molecular weight excluding hydrogens is 436 g/mol. The highest BCUT2D eigenvalue weighted by atomic mass is 16.2. The van der Waals surface area contributed by atoms with Crippen molar-refractivity contribution in [3.05, 3.63) is 48.0 Å². The number of guanidine groups is 1. The summed E-state index contributed by atoms with van der Waals surface area (Å²) >= 11 is 0. The van der Waals surface area contributed by atoms with Crippen LogP contribution in [0.5, 0.6) is 0 Å². The van der Waals surface area contributed by atoms with Gasteiger partial charge in [-0.3, -0.25) is 15.1 Å². The molecule has 4 fully saturated rings. The summed E-state index contributed by atoms with van der Waals surface area (Å²) in [6.07, 6.45) is 2.93. The maximum atomic E-state index is 14.0. The van der Waals surface area contributed by atoms with Crippen molar-refractivity contribution in [2.24, 2.45) is 29.4 Å². The van der Waals surface area contributed by atoms with E-state index in [2.05, 4.69) is 77.2 Å². The van der Waals surface area contributed by atoms with Crippen molar-refractivity contribution in [1.29, 1.82) is 5.41 Å². The molecule has 1 saturated carbocycles. The fourth-order valence-corrected chi connectivity index (χ4v) is 7.24. The smallest absolute Gasteiger partial charge is 0.240 e. The van der Waals surface area contributed by atoms with Gasteiger partial charge >= 0.3 is 0 Å². The molecule has 5 atom stereocenters. The summed E-state index contributed by atoms with van der Waals surface area (Å²) in [6, 6.07) is 15.2. The third-order valence-corrected chi connectivity index (χ3v) is 8.60. The van der Waals surface area contributed by atoms with E-state index in [1.807, 2.05) is 0 Å². The van der Waals surface area contributed by atoms with Crippen LogP contribution in [0.15, 0.2) is 42.5 Å². The van der Waals surface area contributed by atoms with Gasteiger partial charge in [-0.2, -0.15) is 0 Å². The summed E-state index contributed by atoms with van der Waals surface area (Å²) < 4.78 is 0. The number of nitrogens with two attached hydrogens (primary N) is 1. The number of carbonyl (C=O) groups excluding carboxylic acids is 1. The van der Waals surface area contributed by atoms with Gasteiger partial charge in [0.1, 0.15) is 5.54 Å². The topological polar surface area (TPSA) is 106 Å². The number of benzene rings is 2. The van der Waals surface area contributed by atoms with Crippen LogP contribution in [0.4, 0.5) is 0 Å². The van der Waals surface area contributed by atoms with Gasteiger partial charge in [0.25, 0.3) is 0 Å². The van der Waals surface area contributed by atoms with Crippen LogP contribution < -0.4 is 21.7 Å². The van der Waals surface area contributed by atoms with E-state index >= 15 is 0 Å². The molecule has 188 valence electrons. The predicted molar refractivity (Wildman–Crippen MR) is 141 cm³/mol. The Bertz CT molecular complexity index is 1080. The summed E-state index contributed by atoms with van der Waals surface area (Å²) in [5, 5.41) is 19.9. The van der Waals surface area contributed by atoms with E-state index in [0.717, 1.165) is 45.4 Å². The second-order valence-corrected chi connectivity index (χ2v) is 11.2. The van der Waals surface area contributed by atoms with E-state index in [0.29, 0.717) is 36.3 Å². The van der Waals surface area contributed by atoms with Crippen molar-refractivity contribution < 1.29 is 4.79 Å². The Balaban J connectivity index is 1.34. The zero-order valence-corrected chi connectivity index (χ0v) is 21.0. The van der Waals surface area contributed by atoms with Gasteiger partial charge in [-0.1, -0.05) is 56.3 Å². The van der Waals surface area contributed by atoms with Gasteiger partial charge in [-0.25, -0.2) is 0 Å². The molecule has 0 spiro atoms. The van der Waals surface area contributed by atoms with Gasteiger partial charge in [-0.15, -0.1) is 0 Å². The molecule has 2 aromatic rings. The Kier molecular flexibility index (Phi) is 6.73. The molecule has 0 radical (unpaired) electrons. The average Bonchev–Trinajstić information content (AvgIpc) is 3.15. The van der Waals surface area contributed by atoms with Crippen molar-refractivity contribution in [1.82, 2.24) is 20.9 Å². The average molecular weight is 477 g/mol. The van der Waals surface area contributed by atoms with Crippen molar-refractivity contribution in [3.8, 4) is 0 Å². The molecule has 0 aromatic heterocycles. The van der Waals surface area contributed by atoms with Crippen LogP contribution in [0.1, 0.15) is 38.7 Å². The van der Waals surface area contributed by atoms with Gasteiger partial charge in [0.15, 0.2) is 5.96 Å². The number of fused-ring (bicyclic) bond motifs is 2. The fourth-order valence-electron chi connectivity index (χ4n) is 7.24. The molecule has 5 unspecified atom stereocenters. The normalized spacial score (nSPS) is 29.6. The SMILES string of the molecule is CC(C)CC1C2C3CNC1(C(=O)NCc1cccc4ccccc14)CC3CN2CCCNC(=N)N. The Labute approximate surface area is 208 Å². The second-order valence-electron chi connectivity index (χ2n) is 11.2. The number of carbonyl (C=O) groups is 1. The van der Waals surface area contributed by atoms with E-state index in [4.69, 9.17) is 11.1 Å². The van der Waals surface area contributed by atoms with Crippen LogP contribution in [0.2, 0.25) is 0 Å². The molecule has 3 aliphatic heterocycles. The van der Waals surface area contributed by atoms with Crippen LogP contribution in [-0.2, 0) is 11.3 Å². The highest BCUT2D eigenvalue weighted by Crippen LogP contribution is 2.53. The molecule has 3 heterocycles. The number of amides is 1. The summed E-state index contributed by atoms with van der Waals surface area (Å²) in [4.78, 5) is 16.6. The van der Waals surface area contributed by atoms with Gasteiger partial charge in [0.05, 0.1) is 0 Å². The lowest BCUT2D eigenvalue weighted by atomic mass is 9.57. The zero-order chi connectivity index (χ0) is 24.6. The minimum absolute atomic E-state index is 0.0351. The first-order valence-corrected chi connectivity index (χ1v) is 13.2. The lowest BCUT2D eigenvalue weighted by Crippen LogP contribution is -2.74. The summed E-state index contributed by atoms with van der Waals surface area (Å²) in [6.45, 7) is 8.81. The number of hydrogen-bond donors (Lipinski definition) is 5. The van der Waals surface area contributed by atoms with Gasteiger partial charge < -0.3 is 21.7 Å². The van der Waals surface area contributed by atoms with Gasteiger partial charge in [-0.05, 0) is 53.4 Å². The molecule has 4 aliphatic rings. The summed E-state index contributed by atoms with van der Waals surface area (Å²) in [7, 11) is 0. The number of nitrogens with one attached hydrogen (secondary N) is 4. The van der Waals surface area contributed by atoms with Crippen molar-refractivity contribution in [2.75, 3.05) is 26.2 Å². The third-order valence-electron chi connectivity index (χ3n) is 8.60. The molecule has 3 saturated heterocycles. The fraction of sp³-hybridized carbons (Fsp3) is 0.571. The maximum absolute atomic E-state index is 14.0. The standard InChI is InChI=1S/C28H40N6O/c1-18(2)13-24-25-23-16-33-28(24,14-21(23)17-34(25)12-6-11-31-27(29)30)26(35)32-15-20-9-5-8-19-7-3-4-10-22(19)20/h3-5,7-10,18,21,23-25,33H,6,11-17H2,1-2H3,(H,32,35)(H4,29,30,31). The van der Waals surface area contributed by atoms with Crippen molar-refractivity contribution in [3.63, 3.8) is 0 Å². The van der Waals surface area contributed by atoms with Crippen LogP contribution in [0.25, 0.3) is 10.8 Å². The molecule has 7 nitrogen and oxygen atoms in total. The molecule has 6 rings (SSSR count). The highest BCUT2D eigenvalue weighted by Gasteiger charge is 2.64. The lowest BCUT2D eigenvalue weighted by molar-refractivity contribution is -0.139. The zero-order valence-electron chi connectivity index (χ0n) is 21.0. The number of likely N-dealkylation sites (tertiary alicyclic amines) is 1. The third kappa shape index (κ3) is 4.52. The number of hydrogen-bond acceptors (Lipinski definition) is 4. The molecule has 2 aromatic carbocycles.